The van der Waals surface area contributed by atoms with Gasteiger partial charge in [-0.25, -0.2) is 36.9 Å². The van der Waals surface area contributed by atoms with Crippen LogP contribution in [0.2, 0.25) is 5.02 Å². The average Bonchev–Trinajstić information content (AvgIpc) is 3.26. The number of ether oxygens (including phenoxy) is 2. The molecule has 0 radical (unpaired) electrons. The molecule has 6 rings (SSSR count). The summed E-state index contributed by atoms with van der Waals surface area (Å²) >= 11 is 7.71. The number of fused-ring (bicyclic) bond motifs is 1. The van der Waals surface area contributed by atoms with Crippen molar-refractivity contribution >= 4 is 76.5 Å². The number of sulfone groups is 1. The van der Waals surface area contributed by atoms with Crippen LogP contribution < -0.4 is 20.7 Å². The van der Waals surface area contributed by atoms with Gasteiger partial charge in [-0.2, -0.15) is 5.26 Å². The molecule has 0 spiro atoms. The Morgan fingerprint density at radius 2 is 1.98 bits per heavy atom. The number of hydrogen-bond donors (Lipinski definition) is 2. The first-order chi connectivity index (χ1) is 23.0. The molecule has 2 aromatic carbocycles. The summed E-state index contributed by atoms with van der Waals surface area (Å²) in [6.07, 6.45) is 1.54. The number of halogens is 3. The predicted octanol–water partition coefficient (Wildman–Crippen LogP) is 7.00. The number of rotatable bonds is 5. The number of amides is 1. The lowest BCUT2D eigenvalue weighted by molar-refractivity contribution is 0.0636. The van der Waals surface area contributed by atoms with Gasteiger partial charge >= 0.3 is 6.09 Å². The Labute approximate surface area is 288 Å². The van der Waals surface area contributed by atoms with Crippen LogP contribution in [0.3, 0.4) is 0 Å². The third-order valence-corrected chi connectivity index (χ3v) is 10.0. The lowest BCUT2D eigenvalue weighted by atomic mass is 9.96. The van der Waals surface area contributed by atoms with Crippen molar-refractivity contribution in [3.63, 3.8) is 0 Å². The fourth-order valence-corrected chi connectivity index (χ4v) is 7.54. The zero-order valence-electron chi connectivity index (χ0n) is 26.7. The van der Waals surface area contributed by atoms with Crippen molar-refractivity contribution in [3.8, 4) is 22.9 Å². The number of benzene rings is 2. The van der Waals surface area contributed by atoms with E-state index < -0.39 is 49.9 Å². The summed E-state index contributed by atoms with van der Waals surface area (Å²) < 4.78 is 69.5. The number of anilines is 3. The number of nitrogens with two attached hydrogens (primary N) is 1. The monoisotopic (exact) mass is 727 g/mol. The van der Waals surface area contributed by atoms with E-state index in [9.17, 15) is 18.5 Å². The van der Waals surface area contributed by atoms with Gasteiger partial charge in [0, 0.05) is 29.0 Å². The fourth-order valence-electron chi connectivity index (χ4n) is 5.63. The van der Waals surface area contributed by atoms with Gasteiger partial charge in [0.2, 0.25) is 15.0 Å². The van der Waals surface area contributed by atoms with Crippen LogP contribution in [-0.2, 0) is 14.6 Å². The maximum atomic E-state index is 17.1. The van der Waals surface area contributed by atoms with E-state index in [1.807, 2.05) is 6.07 Å². The summed E-state index contributed by atoms with van der Waals surface area (Å²) in [6.45, 7) is 6.91. The first-order valence-corrected chi connectivity index (χ1v) is 17.8. The molecule has 4 heterocycles. The Morgan fingerprint density at radius 1 is 1.24 bits per heavy atom. The van der Waals surface area contributed by atoms with Gasteiger partial charge in [-0.1, -0.05) is 23.7 Å². The van der Waals surface area contributed by atoms with Crippen molar-refractivity contribution in [1.82, 2.24) is 15.0 Å². The molecule has 254 valence electrons. The number of nitrogens with one attached hydrogen (secondary N) is 1. The van der Waals surface area contributed by atoms with Gasteiger partial charge in [0.25, 0.3) is 0 Å². The van der Waals surface area contributed by atoms with Gasteiger partial charge in [-0.15, -0.1) is 11.3 Å². The first kappa shape index (κ1) is 34.0. The Kier molecular flexibility index (Phi) is 8.50. The molecule has 0 aliphatic carbocycles. The third-order valence-electron chi connectivity index (χ3n) is 7.70. The summed E-state index contributed by atoms with van der Waals surface area (Å²) in [4.78, 5) is 27.0. The van der Waals surface area contributed by atoms with Crippen molar-refractivity contribution in [2.24, 2.45) is 0 Å². The number of thiophene rings is 1. The van der Waals surface area contributed by atoms with E-state index in [0.29, 0.717) is 5.56 Å². The van der Waals surface area contributed by atoms with Crippen LogP contribution in [0.15, 0.2) is 35.6 Å². The molecule has 0 fully saturated rings. The third kappa shape index (κ3) is 6.02. The molecule has 1 amide bonds. The topological polar surface area (TPSA) is 173 Å². The van der Waals surface area contributed by atoms with Crippen LogP contribution in [0.4, 0.5) is 30.2 Å². The Hall–Kier alpha value is -4.85. The minimum atomic E-state index is -4.10. The molecule has 1 unspecified atom stereocenters. The molecule has 3 N–H and O–H groups in total. The van der Waals surface area contributed by atoms with E-state index in [2.05, 4.69) is 20.3 Å². The molecule has 5 aromatic rings. The fraction of sp³-hybridized carbons (Fsp3) is 0.281. The molecule has 17 heteroatoms. The van der Waals surface area contributed by atoms with Gasteiger partial charge in [-0.3, -0.25) is 5.32 Å². The Balaban J connectivity index is 1.65. The van der Waals surface area contributed by atoms with Crippen LogP contribution in [-0.4, -0.2) is 54.5 Å². The highest BCUT2D eigenvalue weighted by atomic mass is 35.5. The zero-order chi connectivity index (χ0) is 35.6. The number of hydrogen-bond acceptors (Lipinski definition) is 12. The summed E-state index contributed by atoms with van der Waals surface area (Å²) in [7, 11) is -4.10. The summed E-state index contributed by atoms with van der Waals surface area (Å²) in [5.41, 5.74) is 4.95. The number of carbonyl (C=O) groups excluding carboxylic acids is 1. The van der Waals surface area contributed by atoms with E-state index in [0.717, 1.165) is 23.7 Å². The molecule has 0 bridgehead atoms. The molecule has 1 atom stereocenters. The van der Waals surface area contributed by atoms with Crippen LogP contribution in [0, 0.1) is 23.0 Å². The summed E-state index contributed by atoms with van der Waals surface area (Å²) in [5, 5.41) is 11.7. The lowest BCUT2D eigenvalue weighted by Crippen LogP contribution is -2.31. The van der Waals surface area contributed by atoms with Gasteiger partial charge in [0.1, 0.15) is 46.2 Å². The lowest BCUT2D eigenvalue weighted by Gasteiger charge is -2.30. The maximum absolute atomic E-state index is 17.1. The summed E-state index contributed by atoms with van der Waals surface area (Å²) in [5.74, 6) is -1.59. The zero-order valence-corrected chi connectivity index (χ0v) is 29.1. The highest BCUT2D eigenvalue weighted by Gasteiger charge is 2.34. The second-order valence-electron chi connectivity index (χ2n) is 12.2. The number of nitrogens with zero attached hydrogens (tertiary/aromatic N) is 5. The van der Waals surface area contributed by atoms with E-state index in [-0.39, 0.29) is 72.7 Å². The largest absolute Gasteiger partial charge is 0.489 e. The highest BCUT2D eigenvalue weighted by molar-refractivity contribution is 7.90. The van der Waals surface area contributed by atoms with Gasteiger partial charge in [-0.05, 0) is 45.4 Å². The van der Waals surface area contributed by atoms with Crippen LogP contribution in [0.25, 0.3) is 32.1 Å². The van der Waals surface area contributed by atoms with Crippen molar-refractivity contribution in [3.05, 3.63) is 58.2 Å². The minimum Gasteiger partial charge on any atom is -0.489 e. The first-order valence-electron chi connectivity index (χ1n) is 14.7. The molecule has 3 aromatic heterocycles. The van der Waals surface area contributed by atoms with Gasteiger partial charge in [0.05, 0.1) is 33.3 Å². The van der Waals surface area contributed by atoms with Crippen molar-refractivity contribution in [1.29, 1.82) is 5.26 Å². The van der Waals surface area contributed by atoms with E-state index in [4.69, 9.17) is 26.8 Å². The standard InChI is InChI=1S/C32H28ClF2N7O5S2/c1-14(15-7-6-10-38-27(15)37)42-11-12-46-25-21-24(39-30(40-28(21)42)49(5,44)45)23(35)20(22(25)33)16-8-9-18(34)26-19(16)17(13-36)29(48-26)41-31(43)47-32(2,3)4/h6-10,14H,11-12H2,1-5H3,(H2,37,38)(H,41,43). The predicted molar refractivity (Wildman–Crippen MR) is 183 cm³/mol. The molecular weight excluding hydrogens is 700 g/mol. The van der Waals surface area contributed by atoms with E-state index in [1.165, 1.54) is 12.3 Å². The normalized spacial score (nSPS) is 13.9. The van der Waals surface area contributed by atoms with Crippen LogP contribution in [0.5, 0.6) is 5.75 Å². The van der Waals surface area contributed by atoms with Gasteiger partial charge < -0.3 is 20.1 Å². The number of pyridine rings is 1. The second kappa shape index (κ2) is 12.2. The maximum Gasteiger partial charge on any atom is 0.412 e. The second-order valence-corrected chi connectivity index (χ2v) is 15.5. The van der Waals surface area contributed by atoms with Crippen molar-refractivity contribution in [2.45, 2.75) is 44.5 Å². The minimum absolute atomic E-state index is 0.000348. The number of nitriles is 1. The van der Waals surface area contributed by atoms with Crippen LogP contribution in [0.1, 0.15) is 44.9 Å². The highest BCUT2D eigenvalue weighted by Crippen LogP contribution is 2.51. The number of nitrogen functional groups attached to an aromatic ring is 1. The Morgan fingerprint density at radius 3 is 2.63 bits per heavy atom. The van der Waals surface area contributed by atoms with Crippen molar-refractivity contribution in [2.75, 3.05) is 35.4 Å². The summed E-state index contributed by atoms with van der Waals surface area (Å²) in [6, 6.07) is 7.20. The average molecular weight is 728 g/mol. The molecule has 0 saturated heterocycles. The molecule has 1 aliphatic rings. The van der Waals surface area contributed by atoms with E-state index >= 15 is 8.78 Å². The number of carbonyl (C=O) groups is 1. The van der Waals surface area contributed by atoms with Crippen LogP contribution >= 0.6 is 22.9 Å². The molecule has 1 aliphatic heterocycles. The molecular formula is C32H28ClF2N7O5S2. The smallest absolute Gasteiger partial charge is 0.412 e. The quantitative estimate of drug-likeness (QED) is 0.178. The molecule has 0 saturated carbocycles. The van der Waals surface area contributed by atoms with Crippen molar-refractivity contribution < 1.29 is 31.5 Å². The molecule has 12 nitrogen and oxygen atoms in total. The molecule has 49 heavy (non-hydrogen) atoms. The van der Waals surface area contributed by atoms with Gasteiger partial charge in [0.15, 0.2) is 11.6 Å². The van der Waals surface area contributed by atoms with E-state index in [1.54, 1.807) is 44.7 Å². The Bertz CT molecular complexity index is 2360. The SMILES string of the molecule is CC(c1cccnc1N)N1CCOc2c(Cl)c(-c3ccc(F)c4sc(NC(=O)OC(C)(C)C)c(C#N)c34)c(F)c3nc(S(C)(=O)=O)nc1c23. The number of aromatic nitrogens is 3.